The average Bonchev–Trinajstić information content (AvgIpc) is 3.37. The molecule has 29 heavy (non-hydrogen) atoms. The number of ether oxygens (including phenoxy) is 2. The van der Waals surface area contributed by atoms with Crippen LogP contribution in [-0.4, -0.2) is 45.7 Å². The SMILES string of the molecule is COc1ccc(CN(C)Cc2cc3nc(-c4ccco4)nn3c(N)n2)cc1OC. The van der Waals surface area contributed by atoms with Gasteiger partial charge in [-0.2, -0.15) is 4.52 Å². The van der Waals surface area contributed by atoms with Crippen LogP contribution in [0.4, 0.5) is 5.95 Å². The lowest BCUT2D eigenvalue weighted by Crippen LogP contribution is -2.19. The van der Waals surface area contributed by atoms with Gasteiger partial charge in [0.25, 0.3) is 0 Å². The van der Waals surface area contributed by atoms with Crippen molar-refractivity contribution in [2.75, 3.05) is 27.0 Å². The molecule has 0 unspecified atom stereocenters. The predicted octanol–water partition coefficient (Wildman–Crippen LogP) is 2.62. The predicted molar refractivity (Wildman–Crippen MR) is 108 cm³/mol. The molecule has 9 nitrogen and oxygen atoms in total. The van der Waals surface area contributed by atoms with E-state index in [1.165, 1.54) is 4.52 Å². The number of hydrogen-bond donors (Lipinski definition) is 1. The second-order valence-corrected chi connectivity index (χ2v) is 6.65. The van der Waals surface area contributed by atoms with Crippen molar-refractivity contribution in [3.63, 3.8) is 0 Å². The molecule has 0 aliphatic rings. The van der Waals surface area contributed by atoms with Gasteiger partial charge in [0.15, 0.2) is 22.9 Å². The molecule has 0 radical (unpaired) electrons. The number of furan rings is 1. The molecule has 2 N–H and O–H groups in total. The molecule has 0 atom stereocenters. The van der Waals surface area contributed by atoms with Crippen LogP contribution in [0.15, 0.2) is 47.1 Å². The number of methoxy groups -OCH3 is 2. The summed E-state index contributed by atoms with van der Waals surface area (Å²) in [6.45, 7) is 1.30. The Morgan fingerprint density at radius 2 is 1.90 bits per heavy atom. The molecule has 0 aliphatic carbocycles. The molecule has 1 aromatic carbocycles. The molecule has 4 rings (SSSR count). The first-order valence-electron chi connectivity index (χ1n) is 9.03. The monoisotopic (exact) mass is 394 g/mol. The first-order valence-corrected chi connectivity index (χ1v) is 9.03. The van der Waals surface area contributed by atoms with Crippen molar-refractivity contribution in [1.29, 1.82) is 0 Å². The summed E-state index contributed by atoms with van der Waals surface area (Å²) >= 11 is 0. The highest BCUT2D eigenvalue weighted by atomic mass is 16.5. The van der Waals surface area contributed by atoms with Crippen LogP contribution in [0, 0.1) is 0 Å². The van der Waals surface area contributed by atoms with Crippen molar-refractivity contribution in [2.24, 2.45) is 0 Å². The summed E-state index contributed by atoms with van der Waals surface area (Å²) < 4.78 is 17.5. The molecule has 0 aliphatic heterocycles. The number of anilines is 1. The van der Waals surface area contributed by atoms with Crippen LogP contribution < -0.4 is 15.2 Å². The Bertz CT molecular complexity index is 1120. The van der Waals surface area contributed by atoms with Crippen molar-refractivity contribution in [3.05, 3.63) is 53.9 Å². The van der Waals surface area contributed by atoms with E-state index in [-0.39, 0.29) is 5.95 Å². The molecule has 9 heteroatoms. The molecule has 4 aromatic rings. The Kier molecular flexibility index (Phi) is 5.05. The standard InChI is InChI=1S/C20H22N6O3/c1-25(11-13-6-7-15(27-2)17(9-13)28-3)12-14-10-18-23-19(16-5-4-8-29-16)24-26(18)20(21)22-14/h4-10H,11-12H2,1-3H3,(H2,21,22). The van der Waals surface area contributed by atoms with Gasteiger partial charge in [0.05, 0.1) is 26.2 Å². The zero-order valence-corrected chi connectivity index (χ0v) is 16.5. The van der Waals surface area contributed by atoms with Crippen LogP contribution in [0.1, 0.15) is 11.3 Å². The van der Waals surface area contributed by atoms with Gasteiger partial charge in [-0.1, -0.05) is 6.07 Å². The Morgan fingerprint density at radius 3 is 2.62 bits per heavy atom. The fourth-order valence-electron chi connectivity index (χ4n) is 3.18. The largest absolute Gasteiger partial charge is 0.493 e. The Labute approximate surface area is 167 Å². The smallest absolute Gasteiger partial charge is 0.223 e. The van der Waals surface area contributed by atoms with Gasteiger partial charge >= 0.3 is 0 Å². The summed E-state index contributed by atoms with van der Waals surface area (Å²) in [6, 6.07) is 11.3. The van der Waals surface area contributed by atoms with E-state index < -0.39 is 0 Å². The number of benzene rings is 1. The van der Waals surface area contributed by atoms with E-state index >= 15 is 0 Å². The summed E-state index contributed by atoms with van der Waals surface area (Å²) in [4.78, 5) is 11.1. The zero-order valence-electron chi connectivity index (χ0n) is 16.5. The van der Waals surface area contributed by atoms with Crippen molar-refractivity contribution in [1.82, 2.24) is 24.5 Å². The minimum absolute atomic E-state index is 0.280. The fraction of sp³-hybridized carbons (Fsp3) is 0.250. The van der Waals surface area contributed by atoms with Crippen molar-refractivity contribution >= 4 is 11.6 Å². The molecule has 3 heterocycles. The van der Waals surface area contributed by atoms with Crippen LogP contribution in [0.25, 0.3) is 17.2 Å². The highest BCUT2D eigenvalue weighted by Gasteiger charge is 2.14. The van der Waals surface area contributed by atoms with Gasteiger partial charge in [0.2, 0.25) is 11.8 Å². The first-order chi connectivity index (χ1) is 14.1. The van der Waals surface area contributed by atoms with Crippen LogP contribution >= 0.6 is 0 Å². The summed E-state index contributed by atoms with van der Waals surface area (Å²) in [7, 11) is 5.26. The first kappa shape index (κ1) is 18.8. The van der Waals surface area contributed by atoms with Gasteiger partial charge in [0, 0.05) is 19.2 Å². The lowest BCUT2D eigenvalue weighted by Gasteiger charge is -2.17. The minimum atomic E-state index is 0.280. The number of hydrogen-bond acceptors (Lipinski definition) is 8. The molecule has 0 saturated carbocycles. The maximum atomic E-state index is 6.09. The van der Waals surface area contributed by atoms with Crippen LogP contribution in [0.2, 0.25) is 0 Å². The molecular weight excluding hydrogens is 372 g/mol. The van der Waals surface area contributed by atoms with Crippen LogP contribution in [-0.2, 0) is 13.1 Å². The fourth-order valence-corrected chi connectivity index (χ4v) is 3.18. The lowest BCUT2D eigenvalue weighted by atomic mass is 10.2. The molecule has 150 valence electrons. The normalized spacial score (nSPS) is 11.3. The molecular formula is C20H22N6O3. The van der Waals surface area contributed by atoms with Gasteiger partial charge in [-0.15, -0.1) is 5.10 Å². The third-order valence-corrected chi connectivity index (χ3v) is 4.48. The zero-order chi connectivity index (χ0) is 20.4. The van der Waals surface area contributed by atoms with Crippen molar-refractivity contribution in [2.45, 2.75) is 13.1 Å². The second kappa shape index (κ2) is 7.80. The maximum Gasteiger partial charge on any atom is 0.223 e. The molecule has 0 amide bonds. The third kappa shape index (κ3) is 3.85. The number of rotatable bonds is 7. The minimum Gasteiger partial charge on any atom is -0.493 e. The third-order valence-electron chi connectivity index (χ3n) is 4.48. The molecule has 3 aromatic heterocycles. The van der Waals surface area contributed by atoms with Crippen molar-refractivity contribution < 1.29 is 13.9 Å². The Hall–Kier alpha value is -3.59. The van der Waals surface area contributed by atoms with Crippen LogP contribution in [0.3, 0.4) is 0 Å². The van der Waals surface area contributed by atoms with E-state index in [0.29, 0.717) is 41.8 Å². The summed E-state index contributed by atoms with van der Waals surface area (Å²) in [6.07, 6.45) is 1.58. The van der Waals surface area contributed by atoms with Crippen LogP contribution in [0.5, 0.6) is 11.5 Å². The number of fused-ring (bicyclic) bond motifs is 1. The van der Waals surface area contributed by atoms with E-state index in [2.05, 4.69) is 20.0 Å². The summed E-state index contributed by atoms with van der Waals surface area (Å²) in [5, 5.41) is 4.36. The summed E-state index contributed by atoms with van der Waals surface area (Å²) in [5.41, 5.74) is 8.62. The van der Waals surface area contributed by atoms with Crippen molar-refractivity contribution in [3.8, 4) is 23.1 Å². The number of nitrogens with two attached hydrogens (primary N) is 1. The molecule has 0 fully saturated rings. The lowest BCUT2D eigenvalue weighted by molar-refractivity contribution is 0.313. The van der Waals surface area contributed by atoms with E-state index in [9.17, 15) is 0 Å². The van der Waals surface area contributed by atoms with Gasteiger partial charge in [-0.05, 0) is 36.9 Å². The van der Waals surface area contributed by atoms with Gasteiger partial charge in [-0.25, -0.2) is 9.97 Å². The van der Waals surface area contributed by atoms with E-state index in [1.807, 2.05) is 31.3 Å². The molecule has 0 spiro atoms. The van der Waals surface area contributed by atoms with Gasteiger partial charge in [-0.3, -0.25) is 4.90 Å². The van der Waals surface area contributed by atoms with Gasteiger partial charge < -0.3 is 19.6 Å². The average molecular weight is 394 g/mol. The molecule has 0 saturated heterocycles. The Balaban J connectivity index is 1.53. The number of nitrogen functional groups attached to an aromatic ring is 1. The van der Waals surface area contributed by atoms with E-state index in [4.69, 9.17) is 19.6 Å². The van der Waals surface area contributed by atoms with Gasteiger partial charge in [0.1, 0.15) is 0 Å². The highest BCUT2D eigenvalue weighted by Crippen LogP contribution is 2.28. The molecule has 0 bridgehead atoms. The Morgan fingerprint density at radius 1 is 1.07 bits per heavy atom. The highest BCUT2D eigenvalue weighted by molar-refractivity contribution is 5.54. The van der Waals surface area contributed by atoms with E-state index in [0.717, 1.165) is 11.3 Å². The topological polar surface area (TPSA) is 104 Å². The summed E-state index contributed by atoms with van der Waals surface area (Å²) in [5.74, 6) is 2.75. The number of aromatic nitrogens is 4. The second-order valence-electron chi connectivity index (χ2n) is 6.65. The van der Waals surface area contributed by atoms with E-state index in [1.54, 1.807) is 32.6 Å². The quantitative estimate of drug-likeness (QED) is 0.510. The number of nitrogens with zero attached hydrogens (tertiary/aromatic N) is 5. The maximum absolute atomic E-state index is 6.09.